The zero-order valence-electron chi connectivity index (χ0n) is 17.0. The number of pyridine rings is 1. The lowest BCUT2D eigenvalue weighted by atomic mass is 10.1. The maximum atomic E-state index is 6.14. The fraction of sp³-hybridized carbons (Fsp3) is 0.375. The Kier molecular flexibility index (Phi) is 6.60. The average Bonchev–Trinajstić information content (AvgIpc) is 2.78. The van der Waals surface area contributed by atoms with Crippen LogP contribution in [0.4, 0.5) is 0 Å². The van der Waals surface area contributed by atoms with Gasteiger partial charge in [-0.05, 0) is 49.2 Å². The first-order chi connectivity index (χ1) is 14.3. The summed E-state index contributed by atoms with van der Waals surface area (Å²) in [5.74, 6) is 1.65. The molecule has 0 aliphatic carbocycles. The molecule has 0 radical (unpaired) electrons. The molecule has 0 N–H and O–H groups in total. The fourth-order valence-electron chi connectivity index (χ4n) is 3.78. The summed E-state index contributed by atoms with van der Waals surface area (Å²) in [6.07, 6.45) is 3.98. The number of benzene rings is 2. The third-order valence-electron chi connectivity index (χ3n) is 5.37. The molecule has 3 aromatic rings. The second-order valence-electron chi connectivity index (χ2n) is 7.32. The van der Waals surface area contributed by atoms with E-state index < -0.39 is 0 Å². The van der Waals surface area contributed by atoms with E-state index in [-0.39, 0.29) is 0 Å². The van der Waals surface area contributed by atoms with Crippen molar-refractivity contribution < 1.29 is 14.2 Å². The normalized spacial score (nSPS) is 14.8. The molecule has 1 aromatic heterocycles. The molecule has 152 valence electrons. The van der Waals surface area contributed by atoms with Gasteiger partial charge < -0.3 is 14.2 Å². The second-order valence-corrected chi connectivity index (χ2v) is 7.32. The number of fused-ring (bicyclic) bond motifs is 1. The fourth-order valence-corrected chi connectivity index (χ4v) is 3.78. The molecule has 0 amide bonds. The minimum atomic E-state index is 0.455. The highest BCUT2D eigenvalue weighted by molar-refractivity contribution is 5.84. The van der Waals surface area contributed by atoms with Crippen molar-refractivity contribution in [1.82, 2.24) is 9.88 Å². The molecule has 0 spiro atoms. The van der Waals surface area contributed by atoms with Gasteiger partial charge in [0.05, 0.1) is 20.3 Å². The summed E-state index contributed by atoms with van der Waals surface area (Å²) in [6.45, 7) is 5.36. The molecule has 2 heterocycles. The first kappa shape index (κ1) is 19.7. The molecule has 1 aliphatic rings. The summed E-state index contributed by atoms with van der Waals surface area (Å²) in [7, 11) is 1.70. The first-order valence-electron chi connectivity index (χ1n) is 10.3. The molecule has 5 heteroatoms. The Morgan fingerprint density at radius 2 is 1.90 bits per heavy atom. The van der Waals surface area contributed by atoms with Crippen molar-refractivity contribution in [2.45, 2.75) is 19.4 Å². The lowest BCUT2D eigenvalue weighted by Gasteiger charge is -2.26. The van der Waals surface area contributed by atoms with Gasteiger partial charge in [-0.2, -0.15) is 0 Å². The van der Waals surface area contributed by atoms with Crippen LogP contribution in [0.1, 0.15) is 17.5 Å². The quantitative estimate of drug-likeness (QED) is 0.578. The number of aryl methyl sites for hydroxylation is 1. The van der Waals surface area contributed by atoms with Crippen LogP contribution in [-0.4, -0.2) is 49.8 Å². The van der Waals surface area contributed by atoms with Crippen LogP contribution in [0.15, 0.2) is 54.7 Å². The van der Waals surface area contributed by atoms with Gasteiger partial charge in [-0.15, -0.1) is 0 Å². The van der Waals surface area contributed by atoms with Gasteiger partial charge in [0.15, 0.2) is 0 Å². The van der Waals surface area contributed by atoms with Crippen molar-refractivity contribution in [3.05, 3.63) is 65.9 Å². The number of nitrogens with zero attached hydrogens (tertiary/aromatic N) is 2. The van der Waals surface area contributed by atoms with Crippen molar-refractivity contribution in [3.8, 4) is 11.5 Å². The van der Waals surface area contributed by atoms with Gasteiger partial charge in [-0.25, -0.2) is 0 Å². The lowest BCUT2D eigenvalue weighted by molar-refractivity contribution is 0.0374. The predicted octanol–water partition coefficient (Wildman–Crippen LogP) is 4.09. The third-order valence-corrected chi connectivity index (χ3v) is 5.37. The van der Waals surface area contributed by atoms with E-state index in [1.54, 1.807) is 13.3 Å². The van der Waals surface area contributed by atoms with Crippen LogP contribution in [0, 0.1) is 0 Å². The van der Waals surface area contributed by atoms with Gasteiger partial charge in [0.25, 0.3) is 0 Å². The van der Waals surface area contributed by atoms with Crippen LogP contribution < -0.4 is 9.47 Å². The van der Waals surface area contributed by atoms with Gasteiger partial charge in [0, 0.05) is 30.2 Å². The van der Waals surface area contributed by atoms with Crippen molar-refractivity contribution in [2.75, 3.05) is 40.0 Å². The van der Waals surface area contributed by atoms with Crippen LogP contribution in [-0.2, 0) is 17.8 Å². The number of hydrogen-bond acceptors (Lipinski definition) is 5. The maximum absolute atomic E-state index is 6.14. The molecular formula is C24H28N2O3. The minimum Gasteiger partial charge on any atom is -0.496 e. The molecular weight excluding hydrogens is 364 g/mol. The Morgan fingerprint density at radius 1 is 1.03 bits per heavy atom. The number of aromatic nitrogens is 1. The summed E-state index contributed by atoms with van der Waals surface area (Å²) in [5, 5.41) is 1.08. The minimum absolute atomic E-state index is 0.455. The molecule has 4 rings (SSSR count). The SMILES string of the molecule is COc1ccc(CCCN2CCOCC2)cc1COc1cccc2cccnc12. The highest BCUT2D eigenvalue weighted by Crippen LogP contribution is 2.27. The van der Waals surface area contributed by atoms with Crippen LogP contribution in [0.25, 0.3) is 10.9 Å². The van der Waals surface area contributed by atoms with E-state index in [4.69, 9.17) is 14.2 Å². The van der Waals surface area contributed by atoms with E-state index in [1.807, 2.05) is 36.4 Å². The van der Waals surface area contributed by atoms with Crippen molar-refractivity contribution >= 4 is 10.9 Å². The standard InChI is InChI=1S/C24H28N2O3/c1-27-22-10-9-19(5-4-12-26-13-15-28-16-14-26)17-21(22)18-29-23-8-2-6-20-7-3-11-25-24(20)23/h2-3,6-11,17H,4-5,12-16,18H2,1H3. The highest BCUT2D eigenvalue weighted by atomic mass is 16.5. The smallest absolute Gasteiger partial charge is 0.146 e. The van der Waals surface area contributed by atoms with Gasteiger partial charge in [0.2, 0.25) is 0 Å². The van der Waals surface area contributed by atoms with Gasteiger partial charge in [-0.3, -0.25) is 9.88 Å². The maximum Gasteiger partial charge on any atom is 0.146 e. The van der Waals surface area contributed by atoms with Crippen molar-refractivity contribution in [1.29, 1.82) is 0 Å². The number of morpholine rings is 1. The van der Waals surface area contributed by atoms with E-state index >= 15 is 0 Å². The Morgan fingerprint density at radius 3 is 2.76 bits per heavy atom. The summed E-state index contributed by atoms with van der Waals surface area (Å²) in [5.41, 5.74) is 3.26. The molecule has 1 aliphatic heterocycles. The topological polar surface area (TPSA) is 43.8 Å². The van der Waals surface area contributed by atoms with Crippen LogP contribution >= 0.6 is 0 Å². The van der Waals surface area contributed by atoms with Gasteiger partial charge in [0.1, 0.15) is 23.6 Å². The summed E-state index contributed by atoms with van der Waals surface area (Å²) in [4.78, 5) is 6.95. The Bertz CT molecular complexity index is 933. The van der Waals surface area contributed by atoms with Crippen molar-refractivity contribution in [2.24, 2.45) is 0 Å². The number of hydrogen-bond donors (Lipinski definition) is 0. The largest absolute Gasteiger partial charge is 0.496 e. The van der Waals surface area contributed by atoms with Crippen LogP contribution in [0.3, 0.4) is 0 Å². The third kappa shape index (κ3) is 5.05. The molecule has 29 heavy (non-hydrogen) atoms. The molecule has 5 nitrogen and oxygen atoms in total. The first-order valence-corrected chi connectivity index (χ1v) is 10.3. The molecule has 0 atom stereocenters. The number of rotatable bonds is 8. The van der Waals surface area contributed by atoms with Crippen LogP contribution in [0.5, 0.6) is 11.5 Å². The molecule has 1 saturated heterocycles. The van der Waals surface area contributed by atoms with E-state index in [0.29, 0.717) is 6.61 Å². The Labute approximate surface area is 172 Å². The van der Waals surface area contributed by atoms with E-state index in [9.17, 15) is 0 Å². The Hall–Kier alpha value is -2.63. The van der Waals surface area contributed by atoms with E-state index in [0.717, 1.165) is 73.7 Å². The number of ether oxygens (including phenoxy) is 3. The number of methoxy groups -OCH3 is 1. The second kappa shape index (κ2) is 9.72. The average molecular weight is 392 g/mol. The van der Waals surface area contributed by atoms with Gasteiger partial charge >= 0.3 is 0 Å². The van der Waals surface area contributed by atoms with Crippen molar-refractivity contribution in [3.63, 3.8) is 0 Å². The van der Waals surface area contributed by atoms with Crippen LogP contribution in [0.2, 0.25) is 0 Å². The van der Waals surface area contributed by atoms with Gasteiger partial charge in [-0.1, -0.05) is 24.3 Å². The zero-order valence-corrected chi connectivity index (χ0v) is 17.0. The van der Waals surface area contributed by atoms with E-state index in [2.05, 4.69) is 22.0 Å². The molecule has 0 unspecified atom stereocenters. The Balaban J connectivity index is 1.41. The monoisotopic (exact) mass is 392 g/mol. The number of para-hydroxylation sites is 1. The summed E-state index contributed by atoms with van der Waals surface area (Å²) in [6, 6.07) is 16.4. The molecule has 2 aromatic carbocycles. The summed E-state index contributed by atoms with van der Waals surface area (Å²) < 4.78 is 17.1. The molecule has 0 bridgehead atoms. The lowest BCUT2D eigenvalue weighted by Crippen LogP contribution is -2.36. The van der Waals surface area contributed by atoms with E-state index in [1.165, 1.54) is 5.56 Å². The highest BCUT2D eigenvalue weighted by Gasteiger charge is 2.11. The predicted molar refractivity (Wildman–Crippen MR) is 115 cm³/mol. The zero-order chi connectivity index (χ0) is 19.9. The molecule has 1 fully saturated rings. The molecule has 0 saturated carbocycles. The summed E-state index contributed by atoms with van der Waals surface area (Å²) >= 11 is 0.